The zero-order valence-electron chi connectivity index (χ0n) is 12.0. The van der Waals surface area contributed by atoms with Gasteiger partial charge in [-0.2, -0.15) is 0 Å². The number of carbonyl (C=O) groups is 1. The second-order valence-corrected chi connectivity index (χ2v) is 6.53. The Bertz CT molecular complexity index is 774. The van der Waals surface area contributed by atoms with E-state index < -0.39 is 0 Å². The highest BCUT2D eigenvalue weighted by atomic mass is 79.9. The lowest BCUT2D eigenvalue weighted by Gasteiger charge is -2.19. The molecule has 0 saturated heterocycles. The minimum atomic E-state index is -0.224. The third-order valence-electron chi connectivity index (χ3n) is 3.21. The molecule has 0 fully saturated rings. The standard InChI is InChI=1S/C17H13Br2NO3/c18-12-4-2-1-3-11(12)5-6-17(21)20-14-10-16-15(9-13(14)19)22-7-8-23-16/h1-6,9-10H,7-8H2,(H,20,21)/b6-5+. The number of amides is 1. The van der Waals surface area contributed by atoms with Crippen LogP contribution in [0.4, 0.5) is 5.69 Å². The highest BCUT2D eigenvalue weighted by molar-refractivity contribution is 9.11. The van der Waals surface area contributed by atoms with Crippen molar-refractivity contribution in [1.82, 2.24) is 0 Å². The molecule has 1 aliphatic heterocycles. The summed E-state index contributed by atoms with van der Waals surface area (Å²) in [5, 5.41) is 2.83. The van der Waals surface area contributed by atoms with Gasteiger partial charge in [-0.05, 0) is 33.6 Å². The number of halogens is 2. The maximum Gasteiger partial charge on any atom is 0.248 e. The second-order valence-electron chi connectivity index (χ2n) is 4.82. The Hall–Kier alpha value is -1.79. The first-order chi connectivity index (χ1) is 11.1. The van der Waals surface area contributed by atoms with E-state index in [4.69, 9.17) is 9.47 Å². The molecule has 118 valence electrons. The number of ether oxygens (including phenoxy) is 2. The van der Waals surface area contributed by atoms with E-state index in [9.17, 15) is 4.79 Å². The lowest BCUT2D eigenvalue weighted by molar-refractivity contribution is -0.111. The van der Waals surface area contributed by atoms with Crippen molar-refractivity contribution >= 4 is 49.5 Å². The smallest absolute Gasteiger partial charge is 0.248 e. The van der Waals surface area contributed by atoms with Crippen molar-refractivity contribution in [3.05, 3.63) is 57.0 Å². The van der Waals surface area contributed by atoms with Gasteiger partial charge in [0.1, 0.15) is 13.2 Å². The Morgan fingerprint density at radius 1 is 1.04 bits per heavy atom. The predicted octanol–water partition coefficient (Wildman–Crippen LogP) is 4.63. The molecule has 0 bridgehead atoms. The summed E-state index contributed by atoms with van der Waals surface area (Å²) in [6.07, 6.45) is 3.24. The first kappa shape index (κ1) is 16.1. The van der Waals surface area contributed by atoms with Gasteiger partial charge in [-0.25, -0.2) is 0 Å². The van der Waals surface area contributed by atoms with E-state index in [1.165, 1.54) is 6.08 Å². The van der Waals surface area contributed by atoms with Crippen molar-refractivity contribution in [2.24, 2.45) is 0 Å². The van der Waals surface area contributed by atoms with Crippen molar-refractivity contribution in [2.45, 2.75) is 0 Å². The monoisotopic (exact) mass is 437 g/mol. The average molecular weight is 439 g/mol. The predicted molar refractivity (Wildman–Crippen MR) is 96.9 cm³/mol. The van der Waals surface area contributed by atoms with Crippen LogP contribution in [-0.2, 0) is 4.79 Å². The van der Waals surface area contributed by atoms with Crippen molar-refractivity contribution in [3.8, 4) is 11.5 Å². The summed E-state index contributed by atoms with van der Waals surface area (Å²) in [7, 11) is 0. The van der Waals surface area contributed by atoms with Crippen LogP contribution in [0.5, 0.6) is 11.5 Å². The molecule has 0 aliphatic carbocycles. The van der Waals surface area contributed by atoms with E-state index in [0.717, 1.165) is 14.5 Å². The van der Waals surface area contributed by atoms with Gasteiger partial charge in [-0.15, -0.1) is 0 Å². The van der Waals surface area contributed by atoms with Crippen molar-refractivity contribution < 1.29 is 14.3 Å². The van der Waals surface area contributed by atoms with E-state index in [1.54, 1.807) is 18.2 Å². The van der Waals surface area contributed by atoms with E-state index in [0.29, 0.717) is 30.4 Å². The molecule has 23 heavy (non-hydrogen) atoms. The van der Waals surface area contributed by atoms with Gasteiger partial charge in [0.2, 0.25) is 5.91 Å². The summed E-state index contributed by atoms with van der Waals surface area (Å²) in [4.78, 5) is 12.1. The summed E-state index contributed by atoms with van der Waals surface area (Å²) in [5.74, 6) is 1.08. The number of anilines is 1. The number of fused-ring (bicyclic) bond motifs is 1. The lowest BCUT2D eigenvalue weighted by atomic mass is 10.2. The van der Waals surface area contributed by atoms with Crippen LogP contribution in [0.3, 0.4) is 0 Å². The van der Waals surface area contributed by atoms with E-state index in [2.05, 4.69) is 37.2 Å². The van der Waals surface area contributed by atoms with Crippen LogP contribution in [0.2, 0.25) is 0 Å². The fourth-order valence-electron chi connectivity index (χ4n) is 2.11. The van der Waals surface area contributed by atoms with Crippen LogP contribution in [0.1, 0.15) is 5.56 Å². The van der Waals surface area contributed by atoms with Gasteiger partial charge in [-0.3, -0.25) is 4.79 Å². The molecule has 0 radical (unpaired) electrons. The molecule has 1 aliphatic rings. The number of carbonyl (C=O) groups excluding carboxylic acids is 1. The van der Waals surface area contributed by atoms with Crippen molar-refractivity contribution in [2.75, 3.05) is 18.5 Å². The van der Waals surface area contributed by atoms with Gasteiger partial charge in [0.15, 0.2) is 11.5 Å². The Morgan fingerprint density at radius 3 is 2.48 bits per heavy atom. The SMILES string of the molecule is O=C(/C=C/c1ccccc1Br)Nc1cc2c(cc1Br)OCCO2. The van der Waals surface area contributed by atoms with Gasteiger partial charge >= 0.3 is 0 Å². The largest absolute Gasteiger partial charge is 0.486 e. The molecule has 0 atom stereocenters. The Balaban J connectivity index is 1.74. The van der Waals surface area contributed by atoms with Gasteiger partial charge in [0, 0.05) is 27.2 Å². The third-order valence-corrected chi connectivity index (χ3v) is 4.59. The summed E-state index contributed by atoms with van der Waals surface area (Å²) in [6, 6.07) is 11.2. The molecule has 2 aromatic rings. The molecule has 1 heterocycles. The van der Waals surface area contributed by atoms with E-state index in [-0.39, 0.29) is 5.91 Å². The fourth-order valence-corrected chi connectivity index (χ4v) is 2.95. The normalized spacial score (nSPS) is 13.1. The zero-order chi connectivity index (χ0) is 16.2. The van der Waals surface area contributed by atoms with Crippen LogP contribution in [-0.4, -0.2) is 19.1 Å². The number of nitrogens with one attached hydrogen (secondary N) is 1. The number of hydrogen-bond donors (Lipinski definition) is 1. The van der Waals surface area contributed by atoms with Crippen LogP contribution >= 0.6 is 31.9 Å². The molecule has 6 heteroatoms. The first-order valence-corrected chi connectivity index (χ1v) is 8.55. The van der Waals surface area contributed by atoms with E-state index in [1.807, 2.05) is 24.3 Å². The van der Waals surface area contributed by atoms with Gasteiger partial charge in [0.25, 0.3) is 0 Å². The Labute approximate surface area is 150 Å². The summed E-state index contributed by atoms with van der Waals surface area (Å²) >= 11 is 6.87. The molecule has 4 nitrogen and oxygen atoms in total. The maximum atomic E-state index is 12.1. The van der Waals surface area contributed by atoms with E-state index >= 15 is 0 Å². The van der Waals surface area contributed by atoms with Gasteiger partial charge in [0.05, 0.1) is 5.69 Å². The first-order valence-electron chi connectivity index (χ1n) is 6.96. The molecular formula is C17H13Br2NO3. The van der Waals surface area contributed by atoms with Crippen LogP contribution < -0.4 is 14.8 Å². The summed E-state index contributed by atoms with van der Waals surface area (Å²) in [5.41, 5.74) is 1.57. The second kappa shape index (κ2) is 7.19. The fraction of sp³-hybridized carbons (Fsp3) is 0.118. The molecule has 1 amide bonds. The minimum absolute atomic E-state index is 0.224. The Morgan fingerprint density at radius 2 is 1.74 bits per heavy atom. The minimum Gasteiger partial charge on any atom is -0.486 e. The summed E-state index contributed by atoms with van der Waals surface area (Å²) < 4.78 is 12.7. The molecule has 0 spiro atoms. The maximum absolute atomic E-state index is 12.1. The molecule has 0 unspecified atom stereocenters. The van der Waals surface area contributed by atoms with Crippen LogP contribution in [0.15, 0.2) is 51.4 Å². The van der Waals surface area contributed by atoms with Gasteiger partial charge < -0.3 is 14.8 Å². The molecule has 3 rings (SSSR count). The Kier molecular flexibility index (Phi) is 5.03. The summed E-state index contributed by atoms with van der Waals surface area (Å²) in [6.45, 7) is 1.03. The zero-order valence-corrected chi connectivity index (χ0v) is 15.2. The number of rotatable bonds is 3. The van der Waals surface area contributed by atoms with Crippen molar-refractivity contribution in [1.29, 1.82) is 0 Å². The number of hydrogen-bond acceptors (Lipinski definition) is 3. The quantitative estimate of drug-likeness (QED) is 0.710. The van der Waals surface area contributed by atoms with Crippen molar-refractivity contribution in [3.63, 3.8) is 0 Å². The van der Waals surface area contributed by atoms with Crippen LogP contribution in [0.25, 0.3) is 6.08 Å². The molecular weight excluding hydrogens is 426 g/mol. The molecule has 0 saturated carbocycles. The third kappa shape index (κ3) is 3.95. The number of benzene rings is 2. The van der Waals surface area contributed by atoms with Crippen LogP contribution in [0, 0.1) is 0 Å². The molecule has 0 aromatic heterocycles. The highest BCUT2D eigenvalue weighted by Crippen LogP contribution is 2.38. The molecule has 1 N–H and O–H groups in total. The topological polar surface area (TPSA) is 47.6 Å². The average Bonchev–Trinajstić information content (AvgIpc) is 2.55. The molecule has 2 aromatic carbocycles. The highest BCUT2D eigenvalue weighted by Gasteiger charge is 2.15. The lowest BCUT2D eigenvalue weighted by Crippen LogP contribution is -2.16. The van der Waals surface area contributed by atoms with Gasteiger partial charge in [-0.1, -0.05) is 34.1 Å².